The van der Waals surface area contributed by atoms with Crippen LogP contribution >= 0.6 is 11.8 Å². The van der Waals surface area contributed by atoms with Crippen molar-refractivity contribution < 1.29 is 23.9 Å². The minimum Gasteiger partial charge on any atom is -0.494 e. The van der Waals surface area contributed by atoms with Crippen LogP contribution < -0.4 is 9.47 Å². The molecular formula is C21H26N2O5S. The van der Waals surface area contributed by atoms with Gasteiger partial charge in [-0.05, 0) is 63.1 Å². The van der Waals surface area contributed by atoms with Crippen LogP contribution in [0.3, 0.4) is 0 Å². The van der Waals surface area contributed by atoms with Crippen LogP contribution in [0.15, 0.2) is 23.1 Å². The molecule has 1 aromatic rings. The highest BCUT2D eigenvalue weighted by Gasteiger charge is 2.37. The van der Waals surface area contributed by atoms with Crippen LogP contribution in [0.4, 0.5) is 4.79 Å². The summed E-state index contributed by atoms with van der Waals surface area (Å²) in [7, 11) is 0. The topological polar surface area (TPSA) is 76.2 Å². The van der Waals surface area contributed by atoms with E-state index in [0.717, 1.165) is 35.9 Å². The number of carbonyl (C=O) groups excluding carboxylic acids is 3. The number of amides is 3. The number of rotatable bonds is 7. The summed E-state index contributed by atoms with van der Waals surface area (Å²) >= 11 is 0.848. The molecule has 0 unspecified atom stereocenters. The third-order valence-corrected chi connectivity index (χ3v) is 5.67. The number of hydrogen-bond donors (Lipinski definition) is 0. The van der Waals surface area contributed by atoms with Crippen molar-refractivity contribution in [2.24, 2.45) is 0 Å². The highest BCUT2D eigenvalue weighted by atomic mass is 32.2. The third kappa shape index (κ3) is 5.12. The van der Waals surface area contributed by atoms with Gasteiger partial charge in [-0.25, -0.2) is 0 Å². The van der Waals surface area contributed by atoms with Crippen LogP contribution in [0, 0.1) is 0 Å². The Morgan fingerprint density at radius 1 is 1.10 bits per heavy atom. The average molecular weight is 419 g/mol. The Balaban J connectivity index is 1.76. The number of thioether (sulfide) groups is 1. The van der Waals surface area contributed by atoms with E-state index in [2.05, 4.69) is 0 Å². The molecule has 8 heteroatoms. The molecule has 0 bridgehead atoms. The third-order valence-electron chi connectivity index (χ3n) is 4.76. The molecule has 29 heavy (non-hydrogen) atoms. The van der Waals surface area contributed by atoms with Gasteiger partial charge in [-0.15, -0.1) is 0 Å². The summed E-state index contributed by atoms with van der Waals surface area (Å²) in [4.78, 5) is 40.6. The predicted molar refractivity (Wildman–Crippen MR) is 112 cm³/mol. The van der Waals surface area contributed by atoms with Gasteiger partial charge < -0.3 is 14.4 Å². The van der Waals surface area contributed by atoms with Crippen molar-refractivity contribution in [3.8, 4) is 11.5 Å². The van der Waals surface area contributed by atoms with Gasteiger partial charge in [0.15, 0.2) is 0 Å². The number of imide groups is 1. The van der Waals surface area contributed by atoms with Gasteiger partial charge in [-0.1, -0.05) is 0 Å². The summed E-state index contributed by atoms with van der Waals surface area (Å²) < 4.78 is 11.2. The first kappa shape index (κ1) is 21.2. The molecule has 3 amide bonds. The molecule has 0 radical (unpaired) electrons. The number of likely N-dealkylation sites (tertiary alicyclic amines) is 1. The molecule has 2 aliphatic heterocycles. The van der Waals surface area contributed by atoms with Gasteiger partial charge >= 0.3 is 0 Å². The van der Waals surface area contributed by atoms with E-state index >= 15 is 0 Å². The van der Waals surface area contributed by atoms with Crippen molar-refractivity contribution in [2.75, 3.05) is 32.8 Å². The molecule has 0 aliphatic carbocycles. The summed E-state index contributed by atoms with van der Waals surface area (Å²) in [6.45, 7) is 5.94. The number of carbonyl (C=O) groups is 3. The number of nitrogens with zero attached hydrogens (tertiary/aromatic N) is 2. The van der Waals surface area contributed by atoms with Crippen molar-refractivity contribution in [1.29, 1.82) is 0 Å². The van der Waals surface area contributed by atoms with E-state index in [1.807, 2.05) is 13.8 Å². The van der Waals surface area contributed by atoms with Gasteiger partial charge in [0.05, 0.1) is 18.1 Å². The summed E-state index contributed by atoms with van der Waals surface area (Å²) in [5.41, 5.74) is 0.683. The number of ether oxygens (including phenoxy) is 2. The van der Waals surface area contributed by atoms with Gasteiger partial charge in [-0.2, -0.15) is 0 Å². The first-order valence-electron chi connectivity index (χ1n) is 9.96. The van der Waals surface area contributed by atoms with Crippen LogP contribution in [0.25, 0.3) is 6.08 Å². The first-order chi connectivity index (χ1) is 14.0. The Hall–Kier alpha value is -2.48. The van der Waals surface area contributed by atoms with Crippen LogP contribution in [-0.2, 0) is 9.59 Å². The lowest BCUT2D eigenvalue weighted by atomic mass is 10.1. The molecule has 7 nitrogen and oxygen atoms in total. The van der Waals surface area contributed by atoms with Gasteiger partial charge in [-0.3, -0.25) is 19.3 Å². The Labute approximate surface area is 175 Å². The lowest BCUT2D eigenvalue weighted by molar-refractivity contribution is -0.136. The lowest BCUT2D eigenvalue weighted by Gasteiger charge is -2.27. The summed E-state index contributed by atoms with van der Waals surface area (Å²) in [5, 5.41) is -0.421. The molecule has 1 aromatic carbocycles. The Bertz CT molecular complexity index is 817. The molecule has 2 heterocycles. The standard InChI is InChI=1S/C21H26N2O5S/c1-3-27-16-9-8-15(17(13-16)28-4-2)12-18-20(25)23(21(26)29-18)14-19(24)22-10-6-5-7-11-22/h8-9,12-13H,3-7,10-11,14H2,1-2H3/b18-12-. The summed E-state index contributed by atoms with van der Waals surface area (Å²) in [5.74, 6) is 0.633. The second-order valence-electron chi connectivity index (χ2n) is 6.77. The Kier molecular flexibility index (Phi) is 7.19. The smallest absolute Gasteiger partial charge is 0.294 e. The number of hydrogen-bond acceptors (Lipinski definition) is 6. The fourth-order valence-electron chi connectivity index (χ4n) is 3.33. The molecule has 2 fully saturated rings. The second kappa shape index (κ2) is 9.82. The van der Waals surface area contributed by atoms with E-state index in [1.54, 1.807) is 29.2 Å². The van der Waals surface area contributed by atoms with E-state index < -0.39 is 11.1 Å². The van der Waals surface area contributed by atoms with Crippen LogP contribution in [-0.4, -0.2) is 59.7 Å². The fourth-order valence-corrected chi connectivity index (χ4v) is 4.16. The van der Waals surface area contributed by atoms with E-state index in [-0.39, 0.29) is 17.4 Å². The predicted octanol–water partition coefficient (Wildman–Crippen LogP) is 3.53. The van der Waals surface area contributed by atoms with E-state index in [4.69, 9.17) is 9.47 Å². The van der Waals surface area contributed by atoms with Gasteiger partial charge in [0.25, 0.3) is 11.1 Å². The molecule has 156 valence electrons. The zero-order valence-electron chi connectivity index (χ0n) is 16.8. The van der Waals surface area contributed by atoms with Crippen molar-refractivity contribution in [3.63, 3.8) is 0 Å². The Morgan fingerprint density at radius 3 is 2.52 bits per heavy atom. The SMILES string of the molecule is CCOc1ccc(/C=C2\SC(=O)N(CC(=O)N3CCCCC3)C2=O)c(OCC)c1. The maximum Gasteiger partial charge on any atom is 0.294 e. The van der Waals surface area contributed by atoms with E-state index in [9.17, 15) is 14.4 Å². The normalized spacial score (nSPS) is 18.5. The zero-order chi connectivity index (χ0) is 20.8. The molecule has 0 atom stereocenters. The molecule has 0 saturated carbocycles. The van der Waals surface area contributed by atoms with Crippen molar-refractivity contribution in [1.82, 2.24) is 9.80 Å². The molecule has 3 rings (SSSR count). The van der Waals surface area contributed by atoms with Crippen LogP contribution in [0.2, 0.25) is 0 Å². The largest absolute Gasteiger partial charge is 0.494 e. The fraction of sp³-hybridized carbons (Fsp3) is 0.476. The van der Waals surface area contributed by atoms with Crippen LogP contribution in [0.5, 0.6) is 11.5 Å². The number of benzene rings is 1. The highest BCUT2D eigenvalue weighted by molar-refractivity contribution is 8.18. The van der Waals surface area contributed by atoms with Crippen molar-refractivity contribution in [2.45, 2.75) is 33.1 Å². The minimum absolute atomic E-state index is 0.177. The minimum atomic E-state index is -0.443. The first-order valence-corrected chi connectivity index (χ1v) is 10.8. The highest BCUT2D eigenvalue weighted by Crippen LogP contribution is 2.35. The zero-order valence-corrected chi connectivity index (χ0v) is 17.6. The molecule has 2 saturated heterocycles. The number of piperidine rings is 1. The Morgan fingerprint density at radius 2 is 1.83 bits per heavy atom. The van der Waals surface area contributed by atoms with Gasteiger partial charge in [0, 0.05) is 24.7 Å². The molecular weight excluding hydrogens is 392 g/mol. The summed E-state index contributed by atoms with van der Waals surface area (Å²) in [6.07, 6.45) is 4.67. The van der Waals surface area contributed by atoms with E-state index in [1.165, 1.54) is 0 Å². The van der Waals surface area contributed by atoms with Crippen LogP contribution in [0.1, 0.15) is 38.7 Å². The second-order valence-corrected chi connectivity index (χ2v) is 7.77. The molecule has 2 aliphatic rings. The average Bonchev–Trinajstić information content (AvgIpc) is 2.98. The van der Waals surface area contributed by atoms with Gasteiger partial charge in [0.2, 0.25) is 5.91 Å². The lowest BCUT2D eigenvalue weighted by Crippen LogP contribution is -2.44. The van der Waals surface area contributed by atoms with E-state index in [0.29, 0.717) is 43.4 Å². The maximum absolute atomic E-state index is 12.8. The molecule has 0 aromatic heterocycles. The van der Waals surface area contributed by atoms with Gasteiger partial charge in [0.1, 0.15) is 18.0 Å². The monoisotopic (exact) mass is 418 g/mol. The van der Waals surface area contributed by atoms with Crippen molar-refractivity contribution >= 4 is 34.9 Å². The molecule has 0 N–H and O–H groups in total. The van der Waals surface area contributed by atoms with Crippen molar-refractivity contribution in [3.05, 3.63) is 28.7 Å². The summed E-state index contributed by atoms with van der Waals surface area (Å²) in [6, 6.07) is 5.35. The maximum atomic E-state index is 12.8. The quantitative estimate of drug-likeness (QED) is 0.631. The molecule has 0 spiro atoms.